The van der Waals surface area contributed by atoms with Crippen molar-refractivity contribution in [1.29, 1.82) is 0 Å². The summed E-state index contributed by atoms with van der Waals surface area (Å²) in [6.07, 6.45) is 0. The molecule has 0 amide bonds. The Morgan fingerprint density at radius 2 is 1.80 bits per heavy atom. The zero-order valence-corrected chi connectivity index (χ0v) is 13.9. The number of benzene rings is 2. The molecule has 2 rings (SSSR count). The molecule has 2 aromatic rings. The van der Waals surface area contributed by atoms with Gasteiger partial charge in [-0.3, -0.25) is 0 Å². The molecular weight excluding hydrogens is 341 g/mol. The van der Waals surface area contributed by atoms with Gasteiger partial charge >= 0.3 is 0 Å². The Labute approximate surface area is 132 Å². The molecule has 0 saturated carbocycles. The van der Waals surface area contributed by atoms with Gasteiger partial charge in [0.25, 0.3) is 0 Å². The first-order chi connectivity index (χ1) is 9.43. The molecule has 106 valence electrons. The number of aryl methyl sites for hydroxylation is 2. The summed E-state index contributed by atoms with van der Waals surface area (Å²) in [7, 11) is 1.83. The summed E-state index contributed by atoms with van der Waals surface area (Å²) >= 11 is 9.53. The molecule has 0 aliphatic rings. The lowest BCUT2D eigenvalue weighted by Crippen LogP contribution is -2.20. The third-order valence-electron chi connectivity index (χ3n) is 3.42. The fourth-order valence-corrected chi connectivity index (χ4v) is 2.93. The minimum atomic E-state index is -0.223. The van der Waals surface area contributed by atoms with Gasteiger partial charge in [0.15, 0.2) is 0 Å². The first-order valence-electron chi connectivity index (χ1n) is 6.33. The highest BCUT2D eigenvalue weighted by Gasteiger charge is 2.19. The predicted octanol–water partition coefficient (Wildman–Crippen LogP) is 5.17. The molecule has 0 aliphatic carbocycles. The van der Waals surface area contributed by atoms with Crippen molar-refractivity contribution in [3.8, 4) is 0 Å². The molecule has 0 bridgehead atoms. The molecule has 0 spiro atoms. The average Bonchev–Trinajstić information content (AvgIpc) is 2.40. The van der Waals surface area contributed by atoms with Crippen molar-refractivity contribution in [1.82, 2.24) is 5.32 Å². The second-order valence-electron chi connectivity index (χ2n) is 4.85. The van der Waals surface area contributed by atoms with Gasteiger partial charge in [0.05, 0.1) is 6.04 Å². The van der Waals surface area contributed by atoms with Crippen molar-refractivity contribution in [3.63, 3.8) is 0 Å². The SMILES string of the molecule is CNC(c1cc(C)c(Cl)cc1C)c1cc(Br)ccc1F. The van der Waals surface area contributed by atoms with E-state index in [9.17, 15) is 4.39 Å². The van der Waals surface area contributed by atoms with Crippen LogP contribution in [0.5, 0.6) is 0 Å². The van der Waals surface area contributed by atoms with E-state index in [2.05, 4.69) is 21.2 Å². The van der Waals surface area contributed by atoms with Crippen molar-refractivity contribution < 1.29 is 4.39 Å². The van der Waals surface area contributed by atoms with E-state index in [1.807, 2.05) is 33.0 Å². The summed E-state index contributed by atoms with van der Waals surface area (Å²) < 4.78 is 15.0. The molecule has 0 heterocycles. The first kappa shape index (κ1) is 15.5. The molecule has 0 fully saturated rings. The van der Waals surface area contributed by atoms with Gasteiger partial charge in [0, 0.05) is 15.1 Å². The van der Waals surface area contributed by atoms with Gasteiger partial charge in [-0.25, -0.2) is 4.39 Å². The second-order valence-corrected chi connectivity index (χ2v) is 6.17. The van der Waals surface area contributed by atoms with Crippen LogP contribution in [0.2, 0.25) is 5.02 Å². The summed E-state index contributed by atoms with van der Waals surface area (Å²) in [5.41, 5.74) is 3.68. The normalized spacial score (nSPS) is 12.5. The van der Waals surface area contributed by atoms with Crippen LogP contribution in [0.4, 0.5) is 4.39 Å². The fourth-order valence-electron chi connectivity index (χ4n) is 2.33. The largest absolute Gasteiger partial charge is 0.309 e. The summed E-state index contributed by atoms with van der Waals surface area (Å²) in [6.45, 7) is 3.94. The highest BCUT2D eigenvalue weighted by molar-refractivity contribution is 9.10. The van der Waals surface area contributed by atoms with Crippen LogP contribution in [0.15, 0.2) is 34.8 Å². The molecule has 0 radical (unpaired) electrons. The van der Waals surface area contributed by atoms with E-state index in [-0.39, 0.29) is 11.9 Å². The van der Waals surface area contributed by atoms with E-state index in [0.29, 0.717) is 5.56 Å². The molecule has 4 heteroatoms. The van der Waals surface area contributed by atoms with Crippen molar-refractivity contribution in [3.05, 3.63) is 67.9 Å². The molecule has 1 N–H and O–H groups in total. The first-order valence-corrected chi connectivity index (χ1v) is 7.50. The van der Waals surface area contributed by atoms with E-state index in [1.54, 1.807) is 12.1 Å². The minimum Gasteiger partial charge on any atom is -0.309 e. The molecule has 2 aromatic carbocycles. The number of nitrogens with one attached hydrogen (secondary N) is 1. The van der Waals surface area contributed by atoms with Gasteiger partial charge < -0.3 is 5.32 Å². The van der Waals surface area contributed by atoms with E-state index < -0.39 is 0 Å². The van der Waals surface area contributed by atoms with E-state index >= 15 is 0 Å². The lowest BCUT2D eigenvalue weighted by molar-refractivity contribution is 0.574. The Kier molecular flexibility index (Phi) is 4.84. The van der Waals surface area contributed by atoms with Gasteiger partial charge in [-0.2, -0.15) is 0 Å². The zero-order chi connectivity index (χ0) is 14.9. The number of rotatable bonds is 3. The van der Waals surface area contributed by atoms with E-state index in [4.69, 9.17) is 11.6 Å². The Morgan fingerprint density at radius 3 is 2.45 bits per heavy atom. The van der Waals surface area contributed by atoms with Crippen LogP contribution in [-0.4, -0.2) is 7.05 Å². The van der Waals surface area contributed by atoms with Crippen LogP contribution in [-0.2, 0) is 0 Å². The Morgan fingerprint density at radius 1 is 1.10 bits per heavy atom. The van der Waals surface area contributed by atoms with Gasteiger partial charge in [-0.15, -0.1) is 0 Å². The highest BCUT2D eigenvalue weighted by atomic mass is 79.9. The Hall–Kier alpha value is -0.900. The van der Waals surface area contributed by atoms with Crippen LogP contribution in [0, 0.1) is 19.7 Å². The monoisotopic (exact) mass is 355 g/mol. The molecule has 0 saturated heterocycles. The third kappa shape index (κ3) is 3.05. The van der Waals surface area contributed by atoms with Crippen molar-refractivity contribution in [2.24, 2.45) is 0 Å². The topological polar surface area (TPSA) is 12.0 Å². The van der Waals surface area contributed by atoms with Crippen LogP contribution >= 0.6 is 27.5 Å². The Bertz CT molecular complexity index is 643. The van der Waals surface area contributed by atoms with E-state index in [0.717, 1.165) is 26.2 Å². The molecule has 1 nitrogen and oxygen atoms in total. The van der Waals surface area contributed by atoms with Crippen LogP contribution in [0.25, 0.3) is 0 Å². The van der Waals surface area contributed by atoms with Crippen molar-refractivity contribution in [2.75, 3.05) is 7.05 Å². The number of hydrogen-bond donors (Lipinski definition) is 1. The molecular formula is C16H16BrClFN. The van der Waals surface area contributed by atoms with Gasteiger partial charge in [-0.05, 0) is 61.9 Å². The molecule has 1 unspecified atom stereocenters. The van der Waals surface area contributed by atoms with Crippen LogP contribution in [0.1, 0.15) is 28.3 Å². The highest BCUT2D eigenvalue weighted by Crippen LogP contribution is 2.31. The quantitative estimate of drug-likeness (QED) is 0.800. The maximum atomic E-state index is 14.1. The molecule has 0 aromatic heterocycles. The van der Waals surface area contributed by atoms with Gasteiger partial charge in [0.1, 0.15) is 5.82 Å². The van der Waals surface area contributed by atoms with Crippen LogP contribution < -0.4 is 5.32 Å². The summed E-state index contributed by atoms with van der Waals surface area (Å²) in [5, 5.41) is 3.92. The number of hydrogen-bond acceptors (Lipinski definition) is 1. The van der Waals surface area contributed by atoms with Gasteiger partial charge in [-0.1, -0.05) is 33.6 Å². The predicted molar refractivity (Wildman–Crippen MR) is 85.9 cm³/mol. The summed E-state index contributed by atoms with van der Waals surface area (Å²) in [5.74, 6) is -0.223. The third-order valence-corrected chi connectivity index (χ3v) is 4.32. The second kappa shape index (κ2) is 6.25. The van der Waals surface area contributed by atoms with Crippen molar-refractivity contribution in [2.45, 2.75) is 19.9 Å². The Balaban J connectivity index is 2.58. The maximum absolute atomic E-state index is 14.1. The maximum Gasteiger partial charge on any atom is 0.128 e. The van der Waals surface area contributed by atoms with E-state index in [1.165, 1.54) is 6.07 Å². The standard InChI is InChI=1S/C16H16BrClFN/c1-9-7-14(18)10(2)6-12(9)16(20-3)13-8-11(17)4-5-15(13)19/h4-8,16,20H,1-3H3. The fraction of sp³-hybridized carbons (Fsp3) is 0.250. The average molecular weight is 357 g/mol. The van der Waals surface area contributed by atoms with Crippen molar-refractivity contribution >= 4 is 27.5 Å². The zero-order valence-electron chi connectivity index (χ0n) is 11.6. The molecule has 20 heavy (non-hydrogen) atoms. The summed E-state index contributed by atoms with van der Waals surface area (Å²) in [4.78, 5) is 0. The number of halogens is 3. The summed E-state index contributed by atoms with van der Waals surface area (Å²) in [6, 6.07) is 8.71. The minimum absolute atomic E-state index is 0.205. The molecule has 0 aliphatic heterocycles. The van der Waals surface area contributed by atoms with Crippen LogP contribution in [0.3, 0.4) is 0 Å². The lowest BCUT2D eigenvalue weighted by Gasteiger charge is -2.21. The molecule has 1 atom stereocenters. The van der Waals surface area contributed by atoms with Gasteiger partial charge in [0.2, 0.25) is 0 Å². The smallest absolute Gasteiger partial charge is 0.128 e. The lowest BCUT2D eigenvalue weighted by atomic mass is 9.93.